The van der Waals surface area contributed by atoms with Gasteiger partial charge in [-0.15, -0.1) is 0 Å². The van der Waals surface area contributed by atoms with Gasteiger partial charge in [0.05, 0.1) is 10.6 Å². The molecule has 2 rings (SSSR count). The number of hydrogen-bond acceptors (Lipinski definition) is 3. The normalized spacial score (nSPS) is 16.6. The fraction of sp³-hybridized carbons (Fsp3) is 0.333. The molecule has 1 aliphatic carbocycles. The lowest BCUT2D eigenvalue weighted by Crippen LogP contribution is -2.54. The van der Waals surface area contributed by atoms with Crippen LogP contribution in [0.2, 0.25) is 5.02 Å². The Kier molecular flexibility index (Phi) is 5.39. The summed E-state index contributed by atoms with van der Waals surface area (Å²) < 4.78 is 5.96. The van der Waals surface area contributed by atoms with Crippen LogP contribution < -0.4 is 5.32 Å². The Morgan fingerprint density at radius 1 is 1.22 bits per heavy atom. The molecule has 0 spiro atoms. The Labute approximate surface area is 141 Å². The van der Waals surface area contributed by atoms with Crippen molar-refractivity contribution < 1.29 is 14.3 Å². The summed E-state index contributed by atoms with van der Waals surface area (Å²) in [6, 6.07) is 6.82. The van der Waals surface area contributed by atoms with Gasteiger partial charge in [0.25, 0.3) is 5.91 Å². The summed E-state index contributed by atoms with van der Waals surface area (Å²) >= 11 is 6.10. The SMILES string of the molecule is CCCOC1(NC(=O)c2ccccc2Cl)C(C)=CC(=O)C=C1C. The van der Waals surface area contributed by atoms with Crippen LogP contribution >= 0.6 is 11.6 Å². The molecule has 0 saturated carbocycles. The maximum Gasteiger partial charge on any atom is 0.255 e. The predicted octanol–water partition coefficient (Wildman–Crippen LogP) is 3.67. The molecule has 5 heteroatoms. The number of halogens is 1. The molecule has 0 bridgehead atoms. The minimum atomic E-state index is -1.11. The number of rotatable bonds is 5. The molecule has 0 saturated heterocycles. The zero-order valence-corrected chi connectivity index (χ0v) is 14.2. The van der Waals surface area contributed by atoms with Crippen molar-refractivity contribution in [3.63, 3.8) is 0 Å². The van der Waals surface area contributed by atoms with Crippen molar-refractivity contribution in [2.24, 2.45) is 0 Å². The zero-order chi connectivity index (χ0) is 17.0. The van der Waals surface area contributed by atoms with E-state index in [1.165, 1.54) is 12.2 Å². The van der Waals surface area contributed by atoms with Crippen LogP contribution in [0.4, 0.5) is 0 Å². The van der Waals surface area contributed by atoms with E-state index in [0.717, 1.165) is 6.42 Å². The van der Waals surface area contributed by atoms with Gasteiger partial charge in [0, 0.05) is 6.61 Å². The maximum atomic E-state index is 12.7. The van der Waals surface area contributed by atoms with Crippen LogP contribution in [-0.2, 0) is 9.53 Å². The third-order valence-corrected chi connectivity index (χ3v) is 4.09. The Morgan fingerprint density at radius 2 is 1.83 bits per heavy atom. The molecule has 0 heterocycles. The minimum Gasteiger partial charge on any atom is -0.348 e. The van der Waals surface area contributed by atoms with Gasteiger partial charge in [-0.3, -0.25) is 9.59 Å². The number of allylic oxidation sites excluding steroid dienone is 2. The molecule has 122 valence electrons. The summed E-state index contributed by atoms with van der Waals surface area (Å²) in [6.07, 6.45) is 3.75. The van der Waals surface area contributed by atoms with Crippen LogP contribution in [0.25, 0.3) is 0 Å². The molecule has 1 aromatic carbocycles. The van der Waals surface area contributed by atoms with Gasteiger partial charge >= 0.3 is 0 Å². The fourth-order valence-corrected chi connectivity index (χ4v) is 2.79. The van der Waals surface area contributed by atoms with Crippen LogP contribution in [0.3, 0.4) is 0 Å². The summed E-state index contributed by atoms with van der Waals surface area (Å²) in [5.41, 5.74) is 0.555. The Bertz CT molecular complexity index is 669. The van der Waals surface area contributed by atoms with Crippen LogP contribution in [-0.4, -0.2) is 24.0 Å². The van der Waals surface area contributed by atoms with E-state index in [1.54, 1.807) is 38.1 Å². The molecule has 0 radical (unpaired) electrons. The largest absolute Gasteiger partial charge is 0.348 e. The zero-order valence-electron chi connectivity index (χ0n) is 13.5. The van der Waals surface area contributed by atoms with Gasteiger partial charge in [0.15, 0.2) is 11.5 Å². The van der Waals surface area contributed by atoms with Crippen LogP contribution in [0, 0.1) is 0 Å². The standard InChI is InChI=1S/C18H20ClNO3/c1-4-9-23-18(12(2)10-14(21)11-13(18)3)20-17(22)15-7-5-6-8-16(15)19/h5-8,10-11H,4,9H2,1-3H3,(H,20,22). The van der Waals surface area contributed by atoms with Crippen LogP contribution in [0.15, 0.2) is 47.6 Å². The summed E-state index contributed by atoms with van der Waals surface area (Å²) in [5, 5.41) is 3.28. The molecule has 4 nitrogen and oxygen atoms in total. The monoisotopic (exact) mass is 333 g/mol. The number of carbonyl (C=O) groups excluding carboxylic acids is 2. The van der Waals surface area contributed by atoms with Gasteiger partial charge in [-0.2, -0.15) is 0 Å². The highest BCUT2D eigenvalue weighted by Crippen LogP contribution is 2.31. The van der Waals surface area contributed by atoms with Crippen molar-refractivity contribution in [1.82, 2.24) is 5.32 Å². The quantitative estimate of drug-likeness (QED) is 0.836. The van der Waals surface area contributed by atoms with E-state index in [4.69, 9.17) is 16.3 Å². The first-order chi connectivity index (χ1) is 10.9. The summed E-state index contributed by atoms with van der Waals surface area (Å²) in [5.74, 6) is -0.454. The molecular weight excluding hydrogens is 314 g/mol. The summed E-state index contributed by atoms with van der Waals surface area (Å²) in [6.45, 7) is 5.98. The molecule has 1 aliphatic rings. The molecule has 0 atom stereocenters. The van der Waals surface area contributed by atoms with E-state index in [0.29, 0.717) is 28.3 Å². The fourth-order valence-electron chi connectivity index (χ4n) is 2.57. The highest BCUT2D eigenvalue weighted by atomic mass is 35.5. The number of hydrogen-bond donors (Lipinski definition) is 1. The van der Waals surface area contributed by atoms with Crippen LogP contribution in [0.1, 0.15) is 37.6 Å². The van der Waals surface area contributed by atoms with E-state index in [1.807, 2.05) is 6.92 Å². The summed E-state index contributed by atoms with van der Waals surface area (Å²) in [7, 11) is 0. The number of amides is 1. The first-order valence-electron chi connectivity index (χ1n) is 7.53. The van der Waals surface area contributed by atoms with Gasteiger partial charge in [-0.05, 0) is 55.7 Å². The molecule has 23 heavy (non-hydrogen) atoms. The number of ether oxygens (including phenoxy) is 1. The molecule has 1 aromatic rings. The van der Waals surface area contributed by atoms with Crippen LogP contribution in [0.5, 0.6) is 0 Å². The topological polar surface area (TPSA) is 55.4 Å². The van der Waals surface area contributed by atoms with E-state index in [2.05, 4.69) is 5.32 Å². The Hall–Kier alpha value is -1.91. The molecule has 0 aliphatic heterocycles. The van der Waals surface area contributed by atoms with E-state index < -0.39 is 5.72 Å². The molecular formula is C18H20ClNO3. The summed E-state index contributed by atoms with van der Waals surface area (Å²) in [4.78, 5) is 24.4. The molecule has 1 N–H and O–H groups in total. The smallest absolute Gasteiger partial charge is 0.255 e. The number of ketones is 1. The lowest BCUT2D eigenvalue weighted by Gasteiger charge is -2.38. The lowest BCUT2D eigenvalue weighted by molar-refractivity contribution is -0.111. The number of nitrogens with one attached hydrogen (secondary N) is 1. The minimum absolute atomic E-state index is 0.109. The third kappa shape index (κ3) is 3.54. The van der Waals surface area contributed by atoms with Crippen molar-refractivity contribution in [2.45, 2.75) is 32.9 Å². The molecule has 1 amide bonds. The van der Waals surface area contributed by atoms with Gasteiger partial charge in [0.1, 0.15) is 0 Å². The van der Waals surface area contributed by atoms with Crippen molar-refractivity contribution in [1.29, 1.82) is 0 Å². The van der Waals surface area contributed by atoms with Crippen molar-refractivity contribution >= 4 is 23.3 Å². The van der Waals surface area contributed by atoms with Gasteiger partial charge in [0.2, 0.25) is 0 Å². The Balaban J connectivity index is 2.39. The van der Waals surface area contributed by atoms with Gasteiger partial charge in [-0.1, -0.05) is 30.7 Å². The first kappa shape index (κ1) is 17.4. The number of benzene rings is 1. The highest BCUT2D eigenvalue weighted by Gasteiger charge is 2.40. The highest BCUT2D eigenvalue weighted by molar-refractivity contribution is 6.33. The predicted molar refractivity (Wildman–Crippen MR) is 90.4 cm³/mol. The second kappa shape index (κ2) is 7.11. The van der Waals surface area contributed by atoms with E-state index in [-0.39, 0.29) is 11.7 Å². The second-order valence-electron chi connectivity index (χ2n) is 5.52. The molecule has 0 unspecified atom stereocenters. The van der Waals surface area contributed by atoms with Crippen molar-refractivity contribution in [3.05, 3.63) is 58.1 Å². The van der Waals surface area contributed by atoms with E-state index in [9.17, 15) is 9.59 Å². The average molecular weight is 334 g/mol. The molecule has 0 fully saturated rings. The second-order valence-corrected chi connectivity index (χ2v) is 5.93. The first-order valence-corrected chi connectivity index (χ1v) is 7.91. The average Bonchev–Trinajstić information content (AvgIpc) is 2.50. The number of carbonyl (C=O) groups is 2. The van der Waals surface area contributed by atoms with Crippen molar-refractivity contribution in [3.8, 4) is 0 Å². The van der Waals surface area contributed by atoms with Crippen molar-refractivity contribution in [2.75, 3.05) is 6.61 Å². The van der Waals surface area contributed by atoms with Gasteiger partial charge < -0.3 is 10.1 Å². The lowest BCUT2D eigenvalue weighted by atomic mass is 9.89. The Morgan fingerprint density at radius 3 is 2.39 bits per heavy atom. The van der Waals surface area contributed by atoms with Gasteiger partial charge in [-0.25, -0.2) is 0 Å². The molecule has 0 aromatic heterocycles. The third-order valence-electron chi connectivity index (χ3n) is 3.76. The van der Waals surface area contributed by atoms with E-state index >= 15 is 0 Å². The maximum absolute atomic E-state index is 12.7.